The number of rotatable bonds is 9. The smallest absolute Gasteiger partial charge is 0.247 e. The number of benzene rings is 2. The van der Waals surface area contributed by atoms with Gasteiger partial charge in [-0.1, -0.05) is 20.8 Å². The maximum Gasteiger partial charge on any atom is 0.247 e. The van der Waals surface area contributed by atoms with E-state index in [0.717, 1.165) is 0 Å². The lowest BCUT2D eigenvalue weighted by Gasteiger charge is -2.36. The zero-order chi connectivity index (χ0) is 31.5. The average molecular weight is 695 g/mol. The number of anilines is 3. The van der Waals surface area contributed by atoms with Crippen LogP contribution in [0.3, 0.4) is 0 Å². The highest BCUT2D eigenvalue weighted by atomic mass is 79.9. The van der Waals surface area contributed by atoms with Crippen LogP contribution in [0.2, 0.25) is 0 Å². The molecule has 0 radical (unpaired) electrons. The minimum Gasteiger partial charge on any atom is -0.494 e. The van der Waals surface area contributed by atoms with E-state index in [1.807, 2.05) is 20.8 Å². The molecular formula is C30H38BrClFN7O4. The zero-order valence-electron chi connectivity index (χ0n) is 25.5. The second-order valence-corrected chi connectivity index (χ2v) is 12.4. The number of nitrogens with one attached hydrogen (secondary N) is 4. The maximum absolute atomic E-state index is 13.8. The van der Waals surface area contributed by atoms with Crippen LogP contribution < -0.4 is 26.0 Å². The molecule has 0 bridgehead atoms. The van der Waals surface area contributed by atoms with Gasteiger partial charge in [-0.05, 0) is 72.4 Å². The monoisotopic (exact) mass is 693 g/mol. The Bertz CT molecular complexity index is 1540. The standard InChI is InChI=1S/C30H37BrFN7O4.ClH/c1-16(33-5)27(40)38-25(30(2,3)4)29(42)39-11-7-8-23(39)28(41)37-22-13-18-21(14-24(22)43-6)34-15-35-26(18)36-20-10-9-17(32)12-19(20)31;/h9-10,12-16,23,25,33H,7-8,11H2,1-6H3,(H,37,41)(H,38,40)(H,34,35,36);1H/t16-,23-,25+;/m0./s1. The average Bonchev–Trinajstić information content (AvgIpc) is 3.46. The van der Waals surface area contributed by atoms with E-state index in [4.69, 9.17) is 4.74 Å². The van der Waals surface area contributed by atoms with Gasteiger partial charge < -0.3 is 30.9 Å². The first kappa shape index (κ1) is 34.9. The number of likely N-dealkylation sites (N-methyl/N-ethyl adjacent to an activating group) is 1. The van der Waals surface area contributed by atoms with Gasteiger partial charge in [-0.3, -0.25) is 14.4 Å². The van der Waals surface area contributed by atoms with E-state index in [1.165, 1.54) is 25.6 Å². The van der Waals surface area contributed by atoms with Crippen molar-refractivity contribution in [3.8, 4) is 5.75 Å². The highest BCUT2D eigenvalue weighted by Gasteiger charge is 2.42. The predicted octanol–water partition coefficient (Wildman–Crippen LogP) is 4.77. The van der Waals surface area contributed by atoms with Crippen molar-refractivity contribution in [3.05, 3.63) is 46.9 Å². The second kappa shape index (κ2) is 14.5. The number of carbonyl (C=O) groups is 3. The minimum absolute atomic E-state index is 0. The third-order valence-electron chi connectivity index (χ3n) is 7.46. The second-order valence-electron chi connectivity index (χ2n) is 11.5. The van der Waals surface area contributed by atoms with Gasteiger partial charge in [0.1, 0.15) is 35.8 Å². The molecule has 1 aliphatic rings. The van der Waals surface area contributed by atoms with Crippen molar-refractivity contribution < 1.29 is 23.5 Å². The molecular weight excluding hydrogens is 657 g/mol. The van der Waals surface area contributed by atoms with Crippen LogP contribution in [0.5, 0.6) is 5.75 Å². The number of methoxy groups -OCH3 is 1. The SMILES string of the molecule is CN[C@@H](C)C(=O)N[C@H](C(=O)N1CCC[C@H]1C(=O)Nc1cc2c(Nc3ccc(F)cc3Br)ncnc2cc1OC)C(C)(C)C.Cl. The Morgan fingerprint density at radius 2 is 1.86 bits per heavy atom. The third-order valence-corrected chi connectivity index (χ3v) is 8.12. The summed E-state index contributed by atoms with van der Waals surface area (Å²) < 4.78 is 19.7. The fourth-order valence-corrected chi connectivity index (χ4v) is 5.35. The molecule has 0 unspecified atom stereocenters. The van der Waals surface area contributed by atoms with Crippen molar-refractivity contribution in [3.63, 3.8) is 0 Å². The van der Waals surface area contributed by atoms with E-state index in [-0.39, 0.29) is 35.9 Å². The number of halogens is 3. The van der Waals surface area contributed by atoms with E-state index in [2.05, 4.69) is 47.2 Å². The number of ether oxygens (including phenoxy) is 1. The summed E-state index contributed by atoms with van der Waals surface area (Å²) in [6.45, 7) is 7.74. The highest BCUT2D eigenvalue weighted by molar-refractivity contribution is 9.10. The summed E-state index contributed by atoms with van der Waals surface area (Å²) in [5.41, 5.74) is 0.933. The van der Waals surface area contributed by atoms with Gasteiger partial charge in [0.15, 0.2) is 0 Å². The quantitative estimate of drug-likeness (QED) is 0.252. The summed E-state index contributed by atoms with van der Waals surface area (Å²) in [6, 6.07) is 5.59. The first-order valence-corrected chi connectivity index (χ1v) is 14.8. The number of carbonyl (C=O) groups excluding carboxylic acids is 3. The Morgan fingerprint density at radius 3 is 2.50 bits per heavy atom. The highest BCUT2D eigenvalue weighted by Crippen LogP contribution is 2.35. The van der Waals surface area contributed by atoms with E-state index in [0.29, 0.717) is 57.7 Å². The molecule has 11 nitrogen and oxygen atoms in total. The molecule has 238 valence electrons. The molecule has 4 rings (SSSR count). The number of fused-ring (bicyclic) bond motifs is 1. The number of nitrogens with zero attached hydrogens (tertiary/aromatic N) is 3. The molecule has 0 aliphatic carbocycles. The van der Waals surface area contributed by atoms with E-state index in [9.17, 15) is 18.8 Å². The van der Waals surface area contributed by atoms with Gasteiger partial charge in [0.25, 0.3) is 0 Å². The Morgan fingerprint density at radius 1 is 1.14 bits per heavy atom. The summed E-state index contributed by atoms with van der Waals surface area (Å²) in [5.74, 6) is -0.548. The largest absolute Gasteiger partial charge is 0.494 e. The van der Waals surface area contributed by atoms with Crippen molar-refractivity contribution in [2.45, 2.75) is 58.7 Å². The van der Waals surface area contributed by atoms with Gasteiger partial charge in [0.2, 0.25) is 17.7 Å². The van der Waals surface area contributed by atoms with E-state index in [1.54, 1.807) is 37.1 Å². The zero-order valence-corrected chi connectivity index (χ0v) is 27.9. The molecule has 14 heteroatoms. The maximum atomic E-state index is 13.8. The molecule has 0 saturated carbocycles. The van der Waals surface area contributed by atoms with Crippen molar-refractivity contribution in [1.82, 2.24) is 25.5 Å². The number of hydrogen-bond donors (Lipinski definition) is 4. The van der Waals surface area contributed by atoms with Crippen LogP contribution >= 0.6 is 28.3 Å². The van der Waals surface area contributed by atoms with Crippen LogP contribution in [0.25, 0.3) is 10.9 Å². The number of likely N-dealkylation sites (tertiary alicyclic amines) is 1. The molecule has 2 aromatic carbocycles. The van der Waals surface area contributed by atoms with Crippen molar-refractivity contribution >= 4 is 74.2 Å². The Balaban J connectivity index is 0.00000529. The lowest BCUT2D eigenvalue weighted by atomic mass is 9.85. The van der Waals surface area contributed by atoms with E-state index >= 15 is 0 Å². The van der Waals surface area contributed by atoms with Gasteiger partial charge in [0.05, 0.1) is 30.0 Å². The van der Waals surface area contributed by atoms with Crippen LogP contribution in [0, 0.1) is 11.2 Å². The van der Waals surface area contributed by atoms with E-state index < -0.39 is 23.5 Å². The van der Waals surface area contributed by atoms with Crippen LogP contribution in [0.1, 0.15) is 40.5 Å². The normalized spacial score (nSPS) is 16.1. The van der Waals surface area contributed by atoms with Crippen molar-refractivity contribution in [2.75, 3.05) is 31.3 Å². The van der Waals surface area contributed by atoms with Crippen molar-refractivity contribution in [2.24, 2.45) is 5.41 Å². The first-order valence-electron chi connectivity index (χ1n) is 14.0. The molecule has 1 aromatic heterocycles. The minimum atomic E-state index is -0.823. The fourth-order valence-electron chi connectivity index (χ4n) is 4.90. The lowest BCUT2D eigenvalue weighted by Crippen LogP contribution is -2.59. The van der Waals surface area contributed by atoms with Crippen molar-refractivity contribution in [1.29, 1.82) is 0 Å². The third kappa shape index (κ3) is 7.74. The first-order chi connectivity index (χ1) is 20.3. The summed E-state index contributed by atoms with van der Waals surface area (Å²) in [7, 11) is 3.16. The van der Waals surface area contributed by atoms with Crippen LogP contribution in [0.4, 0.5) is 21.6 Å². The summed E-state index contributed by atoms with van der Waals surface area (Å²) in [6.07, 6.45) is 2.51. The molecule has 44 heavy (non-hydrogen) atoms. The van der Waals surface area contributed by atoms with Gasteiger partial charge >= 0.3 is 0 Å². The topological polar surface area (TPSA) is 138 Å². The lowest BCUT2D eigenvalue weighted by molar-refractivity contribution is -0.143. The fraction of sp³-hybridized carbons (Fsp3) is 0.433. The molecule has 1 fully saturated rings. The summed E-state index contributed by atoms with van der Waals surface area (Å²) >= 11 is 3.36. The molecule has 4 N–H and O–H groups in total. The van der Waals surface area contributed by atoms with Gasteiger partial charge in [-0.15, -0.1) is 12.4 Å². The molecule has 2 heterocycles. The predicted molar refractivity (Wildman–Crippen MR) is 174 cm³/mol. The molecule has 3 aromatic rings. The van der Waals surface area contributed by atoms with Gasteiger partial charge in [-0.25, -0.2) is 14.4 Å². The molecule has 1 aliphatic heterocycles. The molecule has 3 amide bonds. The Hall–Kier alpha value is -3.55. The number of aromatic nitrogens is 2. The van der Waals surface area contributed by atoms with Gasteiger partial charge in [0, 0.05) is 22.5 Å². The molecule has 1 saturated heterocycles. The Kier molecular flexibility index (Phi) is 11.5. The summed E-state index contributed by atoms with van der Waals surface area (Å²) in [5, 5.41) is 12.5. The van der Waals surface area contributed by atoms with Crippen LogP contribution in [0.15, 0.2) is 41.1 Å². The molecule has 0 spiro atoms. The van der Waals surface area contributed by atoms with Crippen LogP contribution in [-0.2, 0) is 14.4 Å². The van der Waals surface area contributed by atoms with Crippen LogP contribution in [-0.4, -0.2) is 71.4 Å². The van der Waals surface area contributed by atoms with Gasteiger partial charge in [-0.2, -0.15) is 0 Å². The number of hydrogen-bond acceptors (Lipinski definition) is 8. The molecule has 3 atom stereocenters. The number of amides is 3. The Labute approximate surface area is 270 Å². The summed E-state index contributed by atoms with van der Waals surface area (Å²) in [4.78, 5) is 50.4.